The van der Waals surface area contributed by atoms with E-state index < -0.39 is 17.3 Å². The molecule has 2 aliphatic rings. The topological polar surface area (TPSA) is 136 Å². The molecule has 1 aliphatic heterocycles. The van der Waals surface area contributed by atoms with E-state index in [1.165, 1.54) is 6.92 Å². The zero-order chi connectivity index (χ0) is 24.2. The minimum atomic E-state index is -1.78. The van der Waals surface area contributed by atoms with Gasteiger partial charge in [0.15, 0.2) is 16.9 Å². The maximum atomic E-state index is 12.1. The maximum absolute atomic E-state index is 12.1. The van der Waals surface area contributed by atoms with Crippen LogP contribution in [0.5, 0.6) is 11.5 Å². The molecule has 33 heavy (non-hydrogen) atoms. The van der Waals surface area contributed by atoms with Gasteiger partial charge in [-0.3, -0.25) is 4.79 Å². The van der Waals surface area contributed by atoms with Gasteiger partial charge >= 0.3 is 0 Å². The first-order chi connectivity index (χ1) is 15.9. The van der Waals surface area contributed by atoms with Crippen molar-refractivity contribution in [1.82, 2.24) is 4.90 Å². The van der Waals surface area contributed by atoms with Gasteiger partial charge in [-0.2, -0.15) is 15.8 Å². The van der Waals surface area contributed by atoms with Crippen LogP contribution in [0.4, 0.5) is 0 Å². The number of hydrogen-bond acceptors (Lipinski definition) is 7. The fraction of sp³-hybridized carbons (Fsp3) is 0.440. The summed E-state index contributed by atoms with van der Waals surface area (Å²) in [5.41, 5.74) is 5.99. The normalized spacial score (nSPS) is 21.1. The van der Waals surface area contributed by atoms with E-state index in [1.54, 1.807) is 29.2 Å². The molecular weight excluding hydrogens is 418 g/mol. The summed E-state index contributed by atoms with van der Waals surface area (Å²) in [5, 5.41) is 30.3. The molecule has 0 saturated carbocycles. The van der Waals surface area contributed by atoms with Crippen molar-refractivity contribution in [3.8, 4) is 29.7 Å². The summed E-state index contributed by atoms with van der Waals surface area (Å²) >= 11 is 0. The molecule has 2 atom stereocenters. The van der Waals surface area contributed by atoms with Crippen molar-refractivity contribution in [3.63, 3.8) is 0 Å². The molecule has 0 aromatic heterocycles. The van der Waals surface area contributed by atoms with Gasteiger partial charge in [0, 0.05) is 31.8 Å². The third-order valence-electron chi connectivity index (χ3n) is 6.20. The third kappa shape index (κ3) is 3.99. The van der Waals surface area contributed by atoms with E-state index in [-0.39, 0.29) is 23.7 Å². The van der Waals surface area contributed by atoms with Gasteiger partial charge in [0.2, 0.25) is 5.91 Å². The smallest absolute Gasteiger partial charge is 0.219 e. The van der Waals surface area contributed by atoms with Crippen LogP contribution in [-0.4, -0.2) is 37.1 Å². The lowest BCUT2D eigenvalue weighted by Crippen LogP contribution is -2.48. The summed E-state index contributed by atoms with van der Waals surface area (Å²) in [5.74, 6) is -0.212. The Hall–Kier alpha value is -3.96. The van der Waals surface area contributed by atoms with Crippen LogP contribution in [0.15, 0.2) is 41.1 Å². The molecule has 1 aliphatic carbocycles. The Balaban J connectivity index is 2.25. The Bertz CT molecular complexity index is 1120. The van der Waals surface area contributed by atoms with Crippen LogP contribution in [0.3, 0.4) is 0 Å². The number of ether oxygens (including phenoxy) is 2. The van der Waals surface area contributed by atoms with Gasteiger partial charge in [-0.05, 0) is 36.6 Å². The van der Waals surface area contributed by atoms with Gasteiger partial charge in [-0.25, -0.2) is 0 Å². The van der Waals surface area contributed by atoms with Gasteiger partial charge < -0.3 is 20.1 Å². The van der Waals surface area contributed by atoms with Crippen LogP contribution in [0.25, 0.3) is 0 Å². The van der Waals surface area contributed by atoms with E-state index in [4.69, 9.17) is 15.2 Å². The standard InChI is InChI=1S/C25H27N5O3/c1-4-10-33-21-7-6-17(11-22(21)32-5-2)23-20-13-30(16(3)31)9-8-18(20)19(12-26)24(29)25(23,14-27)15-28/h6-8,11,20,23H,4-5,9-10,13,29H2,1-3H3/t20-,23+/m0/s1. The Kier molecular flexibility index (Phi) is 6.95. The highest BCUT2D eigenvalue weighted by molar-refractivity contribution is 5.74. The van der Waals surface area contributed by atoms with Crippen LogP contribution in [0.1, 0.15) is 38.7 Å². The summed E-state index contributed by atoms with van der Waals surface area (Å²) in [7, 11) is 0. The number of amides is 1. The van der Waals surface area contributed by atoms with Crippen molar-refractivity contribution >= 4 is 5.91 Å². The van der Waals surface area contributed by atoms with E-state index in [1.807, 2.05) is 13.8 Å². The second-order valence-corrected chi connectivity index (χ2v) is 8.09. The van der Waals surface area contributed by atoms with Crippen molar-refractivity contribution < 1.29 is 14.3 Å². The molecular formula is C25H27N5O3. The molecule has 170 valence electrons. The predicted molar refractivity (Wildman–Crippen MR) is 120 cm³/mol. The second kappa shape index (κ2) is 9.67. The fourth-order valence-electron chi connectivity index (χ4n) is 4.63. The van der Waals surface area contributed by atoms with Gasteiger partial charge in [-0.15, -0.1) is 0 Å². The Labute approximate surface area is 194 Å². The molecule has 0 bridgehead atoms. The molecule has 1 heterocycles. The number of nitrogens with zero attached hydrogens (tertiary/aromatic N) is 4. The maximum Gasteiger partial charge on any atom is 0.219 e. The molecule has 1 aromatic carbocycles. The van der Waals surface area contributed by atoms with Crippen molar-refractivity contribution in [2.45, 2.75) is 33.1 Å². The average molecular weight is 446 g/mol. The molecule has 8 heteroatoms. The minimum absolute atomic E-state index is 0.0527. The molecule has 0 fully saturated rings. The van der Waals surface area contributed by atoms with Crippen LogP contribution >= 0.6 is 0 Å². The Morgan fingerprint density at radius 2 is 1.94 bits per heavy atom. The molecule has 1 amide bonds. The average Bonchev–Trinajstić information content (AvgIpc) is 2.82. The number of rotatable bonds is 6. The first-order valence-electron chi connectivity index (χ1n) is 11.0. The molecule has 1 aromatic rings. The lowest BCUT2D eigenvalue weighted by molar-refractivity contribution is -0.129. The number of fused-ring (bicyclic) bond motifs is 1. The van der Waals surface area contributed by atoms with E-state index in [0.29, 0.717) is 42.4 Å². The van der Waals surface area contributed by atoms with E-state index >= 15 is 0 Å². The number of carbonyl (C=O) groups is 1. The highest BCUT2D eigenvalue weighted by Crippen LogP contribution is 2.54. The summed E-state index contributed by atoms with van der Waals surface area (Å²) in [6.45, 7) is 6.88. The van der Waals surface area contributed by atoms with Crippen molar-refractivity contribution in [1.29, 1.82) is 15.8 Å². The van der Waals surface area contributed by atoms with Crippen LogP contribution < -0.4 is 15.2 Å². The highest BCUT2D eigenvalue weighted by Gasteiger charge is 2.54. The monoisotopic (exact) mass is 445 g/mol. The minimum Gasteiger partial charge on any atom is -0.490 e. The first-order valence-corrected chi connectivity index (χ1v) is 11.0. The number of benzene rings is 1. The lowest BCUT2D eigenvalue weighted by Gasteiger charge is -2.45. The van der Waals surface area contributed by atoms with Gasteiger partial charge in [-0.1, -0.05) is 19.1 Å². The van der Waals surface area contributed by atoms with E-state index in [9.17, 15) is 20.6 Å². The Morgan fingerprint density at radius 3 is 2.52 bits per heavy atom. The first kappa shape index (κ1) is 23.7. The summed E-state index contributed by atoms with van der Waals surface area (Å²) < 4.78 is 11.6. The third-order valence-corrected chi connectivity index (χ3v) is 6.20. The van der Waals surface area contributed by atoms with Crippen molar-refractivity contribution in [2.75, 3.05) is 26.3 Å². The molecule has 3 rings (SSSR count). The second-order valence-electron chi connectivity index (χ2n) is 8.09. The molecule has 0 saturated heterocycles. The zero-order valence-corrected chi connectivity index (χ0v) is 19.1. The summed E-state index contributed by atoms with van der Waals surface area (Å²) in [6.07, 6.45) is 2.63. The SMILES string of the molecule is CCCOc1ccc([C@@H]2[C@H]3CN(C(C)=O)CC=C3C(C#N)=C(N)C2(C#N)C#N)cc1OCC. The van der Waals surface area contributed by atoms with E-state index in [2.05, 4.69) is 18.2 Å². The van der Waals surface area contributed by atoms with Gasteiger partial charge in [0.1, 0.15) is 6.07 Å². The Morgan fingerprint density at radius 1 is 1.21 bits per heavy atom. The van der Waals surface area contributed by atoms with Crippen LogP contribution in [0, 0.1) is 45.3 Å². The number of allylic oxidation sites excluding steroid dienone is 2. The molecule has 0 spiro atoms. The molecule has 2 N–H and O–H groups in total. The lowest BCUT2D eigenvalue weighted by atomic mass is 9.58. The van der Waals surface area contributed by atoms with Crippen LogP contribution in [-0.2, 0) is 4.79 Å². The fourth-order valence-corrected chi connectivity index (χ4v) is 4.63. The number of nitrogens with two attached hydrogens (primary N) is 1. The summed E-state index contributed by atoms with van der Waals surface area (Å²) in [6, 6.07) is 11.7. The zero-order valence-electron chi connectivity index (χ0n) is 19.1. The van der Waals surface area contributed by atoms with Gasteiger partial charge in [0.05, 0.1) is 36.6 Å². The number of nitriles is 3. The predicted octanol–water partition coefficient (Wildman–Crippen LogP) is 3.15. The number of hydrogen-bond donors (Lipinski definition) is 1. The van der Waals surface area contributed by atoms with Gasteiger partial charge in [0.25, 0.3) is 0 Å². The molecule has 8 nitrogen and oxygen atoms in total. The van der Waals surface area contributed by atoms with Crippen molar-refractivity contribution in [3.05, 3.63) is 46.7 Å². The van der Waals surface area contributed by atoms with Crippen molar-refractivity contribution in [2.24, 2.45) is 17.1 Å². The van der Waals surface area contributed by atoms with Crippen LogP contribution in [0.2, 0.25) is 0 Å². The number of carbonyl (C=O) groups excluding carboxylic acids is 1. The quantitative estimate of drug-likeness (QED) is 0.710. The largest absolute Gasteiger partial charge is 0.490 e. The van der Waals surface area contributed by atoms with E-state index in [0.717, 1.165) is 6.42 Å². The summed E-state index contributed by atoms with van der Waals surface area (Å²) in [4.78, 5) is 13.8. The molecule has 0 unspecified atom stereocenters. The highest BCUT2D eigenvalue weighted by atomic mass is 16.5. The molecule has 0 radical (unpaired) electrons.